The van der Waals surface area contributed by atoms with Crippen molar-refractivity contribution in [3.63, 3.8) is 0 Å². The van der Waals surface area contributed by atoms with E-state index in [1.807, 2.05) is 0 Å². The van der Waals surface area contributed by atoms with Gasteiger partial charge < -0.3 is 0 Å². The molecule has 0 aromatic heterocycles. The second-order valence-corrected chi connectivity index (χ2v) is 3.19. The number of nitrogens with zero attached hydrogens (tertiary/aromatic N) is 1. The first kappa shape index (κ1) is 7.18. The van der Waals surface area contributed by atoms with Crippen LogP contribution in [0.4, 0.5) is 0 Å². The van der Waals surface area contributed by atoms with Gasteiger partial charge in [-0.2, -0.15) is 5.26 Å². The second-order valence-electron chi connectivity index (χ2n) is 1.26. The van der Waals surface area contributed by atoms with Gasteiger partial charge in [0.25, 0.3) is 0 Å². The van der Waals surface area contributed by atoms with Crippen LogP contribution in [0.1, 0.15) is 0 Å². The maximum atomic E-state index is 10.2. The van der Waals surface area contributed by atoms with E-state index in [1.54, 1.807) is 6.07 Å². The Labute approximate surface area is 48.2 Å². The first-order valence-corrected chi connectivity index (χ1v) is 3.78. The Morgan fingerprint density at radius 1 is 1.62 bits per heavy atom. The SMILES string of the molecule is CS(=O)(=O)/C=C/C#N. The average molecular weight is 131 g/mol. The fourth-order valence-electron chi connectivity index (χ4n) is 0.154. The fourth-order valence-corrected chi connectivity index (χ4v) is 0.462. The molecule has 8 heavy (non-hydrogen) atoms. The zero-order valence-corrected chi connectivity index (χ0v) is 5.14. The molecule has 0 bridgehead atoms. The minimum atomic E-state index is -3.09. The van der Waals surface area contributed by atoms with Gasteiger partial charge in [0.15, 0.2) is 9.84 Å². The second kappa shape index (κ2) is 2.48. The van der Waals surface area contributed by atoms with Gasteiger partial charge in [0.1, 0.15) is 0 Å². The third-order valence-electron chi connectivity index (χ3n) is 0.390. The van der Waals surface area contributed by atoms with Gasteiger partial charge in [0, 0.05) is 17.7 Å². The molecule has 0 unspecified atom stereocenters. The van der Waals surface area contributed by atoms with E-state index in [0.29, 0.717) is 0 Å². The molecule has 0 N–H and O–H groups in total. The number of hydrogen-bond acceptors (Lipinski definition) is 3. The molecule has 4 heteroatoms. The Morgan fingerprint density at radius 2 is 2.12 bits per heavy atom. The Balaban J connectivity index is 4.19. The van der Waals surface area contributed by atoms with E-state index in [2.05, 4.69) is 0 Å². The van der Waals surface area contributed by atoms with E-state index in [1.165, 1.54) is 0 Å². The number of sulfone groups is 1. The number of allylic oxidation sites excluding steroid dienone is 1. The zero-order valence-electron chi connectivity index (χ0n) is 4.33. The van der Waals surface area contributed by atoms with E-state index >= 15 is 0 Å². The lowest BCUT2D eigenvalue weighted by Crippen LogP contribution is -1.86. The summed E-state index contributed by atoms with van der Waals surface area (Å²) in [7, 11) is -3.09. The minimum absolute atomic E-state index is 0.854. The molecule has 0 atom stereocenters. The maximum Gasteiger partial charge on any atom is 0.169 e. The smallest absolute Gasteiger partial charge is 0.169 e. The molecule has 0 aliphatic rings. The molecule has 0 saturated carbocycles. The summed E-state index contributed by atoms with van der Waals surface area (Å²) in [6.07, 6.45) is 1.95. The third-order valence-corrected chi connectivity index (χ3v) is 1.02. The molecule has 0 spiro atoms. The van der Waals surface area contributed by atoms with Crippen molar-refractivity contribution in [2.45, 2.75) is 0 Å². The Hall–Kier alpha value is -0.820. The fraction of sp³-hybridized carbons (Fsp3) is 0.250. The summed E-state index contributed by atoms with van der Waals surface area (Å²) in [4.78, 5) is 0. The van der Waals surface area contributed by atoms with Crippen molar-refractivity contribution < 1.29 is 8.42 Å². The van der Waals surface area contributed by atoms with E-state index in [-0.39, 0.29) is 0 Å². The molecule has 3 nitrogen and oxygen atoms in total. The van der Waals surface area contributed by atoms with E-state index < -0.39 is 9.84 Å². The molecule has 0 aliphatic heterocycles. The minimum Gasteiger partial charge on any atom is -0.225 e. The van der Waals surface area contributed by atoms with Crippen LogP contribution < -0.4 is 0 Å². The van der Waals surface area contributed by atoms with Crippen LogP contribution in [0.2, 0.25) is 0 Å². The third kappa shape index (κ3) is 5.18. The molecule has 0 aromatic rings. The molecule has 0 rings (SSSR count). The maximum absolute atomic E-state index is 10.2. The molecular formula is C4H5NO2S. The van der Waals surface area contributed by atoms with Gasteiger partial charge in [-0.25, -0.2) is 8.42 Å². The topological polar surface area (TPSA) is 57.9 Å². The lowest BCUT2D eigenvalue weighted by Gasteiger charge is -1.76. The van der Waals surface area contributed by atoms with Gasteiger partial charge in [-0.1, -0.05) is 0 Å². The first-order chi connectivity index (χ1) is 3.56. The molecule has 0 saturated heterocycles. The van der Waals surface area contributed by atoms with Crippen molar-refractivity contribution in [3.05, 3.63) is 11.5 Å². The highest BCUT2D eigenvalue weighted by Gasteiger charge is 1.89. The van der Waals surface area contributed by atoms with Crippen molar-refractivity contribution in [1.82, 2.24) is 0 Å². The summed E-state index contributed by atoms with van der Waals surface area (Å²) in [5.41, 5.74) is 0. The van der Waals surface area contributed by atoms with Crippen LogP contribution in [0.3, 0.4) is 0 Å². The molecule has 0 radical (unpaired) electrons. The van der Waals surface area contributed by atoms with Gasteiger partial charge in [-0.15, -0.1) is 0 Å². The first-order valence-electron chi connectivity index (χ1n) is 1.82. The van der Waals surface area contributed by atoms with Crippen molar-refractivity contribution >= 4 is 9.84 Å². The van der Waals surface area contributed by atoms with Gasteiger partial charge in [0.2, 0.25) is 0 Å². The predicted molar refractivity (Wildman–Crippen MR) is 29.6 cm³/mol. The number of nitriles is 1. The van der Waals surface area contributed by atoms with E-state index in [9.17, 15) is 8.42 Å². The van der Waals surface area contributed by atoms with Crippen LogP contribution in [0.15, 0.2) is 11.5 Å². The van der Waals surface area contributed by atoms with Crippen LogP contribution in [0, 0.1) is 11.3 Å². The quantitative estimate of drug-likeness (QED) is 0.473. The normalized spacial score (nSPS) is 11.5. The van der Waals surface area contributed by atoms with Crippen LogP contribution in [0.5, 0.6) is 0 Å². The highest BCUT2D eigenvalue weighted by atomic mass is 32.2. The highest BCUT2D eigenvalue weighted by Crippen LogP contribution is 1.81. The molecule has 44 valence electrons. The predicted octanol–water partition coefficient (Wildman–Crippen LogP) is 0.0683. The summed E-state index contributed by atoms with van der Waals surface area (Å²) in [6.45, 7) is 0. The highest BCUT2D eigenvalue weighted by molar-refractivity contribution is 7.93. The number of rotatable bonds is 1. The Bertz CT molecular complexity index is 219. The van der Waals surface area contributed by atoms with Crippen molar-refractivity contribution in [2.24, 2.45) is 0 Å². The Kier molecular flexibility index (Phi) is 2.22. The van der Waals surface area contributed by atoms with Crippen LogP contribution in [-0.2, 0) is 9.84 Å². The van der Waals surface area contributed by atoms with Crippen molar-refractivity contribution in [3.8, 4) is 6.07 Å². The molecule has 0 amide bonds. The molecule has 0 aromatic carbocycles. The van der Waals surface area contributed by atoms with Gasteiger partial charge in [-0.05, 0) is 0 Å². The lowest BCUT2D eigenvalue weighted by atomic mass is 10.7. The van der Waals surface area contributed by atoms with Gasteiger partial charge in [0.05, 0.1) is 6.07 Å². The van der Waals surface area contributed by atoms with E-state index in [4.69, 9.17) is 5.26 Å². The largest absolute Gasteiger partial charge is 0.225 e. The van der Waals surface area contributed by atoms with Crippen molar-refractivity contribution in [2.75, 3.05) is 6.26 Å². The summed E-state index contributed by atoms with van der Waals surface area (Å²) in [5, 5.41) is 8.68. The molecular weight excluding hydrogens is 126 g/mol. The number of hydrogen-bond donors (Lipinski definition) is 0. The lowest BCUT2D eigenvalue weighted by molar-refractivity contribution is 0.610. The van der Waals surface area contributed by atoms with Gasteiger partial charge in [-0.3, -0.25) is 0 Å². The van der Waals surface area contributed by atoms with Gasteiger partial charge >= 0.3 is 0 Å². The zero-order chi connectivity index (χ0) is 6.62. The summed E-state index contributed by atoms with van der Waals surface area (Å²) >= 11 is 0. The van der Waals surface area contributed by atoms with Crippen molar-refractivity contribution in [1.29, 1.82) is 5.26 Å². The van der Waals surface area contributed by atoms with E-state index in [0.717, 1.165) is 17.7 Å². The summed E-state index contributed by atoms with van der Waals surface area (Å²) in [5.74, 6) is 0. The molecule has 0 fully saturated rings. The molecule has 0 aliphatic carbocycles. The average Bonchev–Trinajstić information content (AvgIpc) is 1.59. The monoisotopic (exact) mass is 131 g/mol. The Morgan fingerprint density at radius 3 is 2.25 bits per heavy atom. The standard InChI is InChI=1S/C4H5NO2S/c1-8(6,7)4-2-3-5/h2,4H,1H3/b4-2+. The van der Waals surface area contributed by atoms with Crippen LogP contribution >= 0.6 is 0 Å². The molecule has 0 heterocycles. The summed E-state index contributed by atoms with van der Waals surface area (Å²) < 4.78 is 20.3. The van der Waals surface area contributed by atoms with Crippen LogP contribution in [-0.4, -0.2) is 14.7 Å². The summed E-state index contributed by atoms with van der Waals surface area (Å²) in [6, 6.07) is 1.56. The van der Waals surface area contributed by atoms with Crippen LogP contribution in [0.25, 0.3) is 0 Å².